The van der Waals surface area contributed by atoms with Crippen LogP contribution in [0, 0.1) is 11.6 Å². The summed E-state index contributed by atoms with van der Waals surface area (Å²) in [4.78, 5) is 13.5. The van der Waals surface area contributed by atoms with Crippen molar-refractivity contribution in [2.24, 2.45) is 0 Å². The second-order valence-corrected chi connectivity index (χ2v) is 8.80. The van der Waals surface area contributed by atoms with Crippen molar-refractivity contribution in [2.75, 3.05) is 0 Å². The van der Waals surface area contributed by atoms with Gasteiger partial charge in [-0.1, -0.05) is 30.3 Å². The Bertz CT molecular complexity index is 1080. The van der Waals surface area contributed by atoms with Crippen LogP contribution in [-0.4, -0.2) is 10.5 Å². The van der Waals surface area contributed by atoms with Gasteiger partial charge in [0, 0.05) is 44.1 Å². The molecule has 3 nitrogen and oxygen atoms in total. The minimum absolute atomic E-state index is 0.188. The van der Waals surface area contributed by atoms with Crippen molar-refractivity contribution >= 4 is 56.2 Å². The molecule has 0 N–H and O–H groups in total. The Labute approximate surface area is 178 Å². The molecule has 0 radical (unpaired) electrons. The maximum atomic E-state index is 14.7. The zero-order valence-electron chi connectivity index (χ0n) is 14.8. The average Bonchev–Trinajstić information content (AvgIpc) is 3.21. The Kier molecular flexibility index (Phi) is 5.42. The number of carbonyl (C=O) groups is 1. The van der Waals surface area contributed by atoms with Crippen molar-refractivity contribution in [2.45, 2.75) is 42.2 Å². The van der Waals surface area contributed by atoms with Crippen molar-refractivity contribution in [3.63, 3.8) is 0 Å². The van der Waals surface area contributed by atoms with E-state index in [4.69, 9.17) is 16.3 Å². The van der Waals surface area contributed by atoms with Crippen molar-refractivity contribution < 1.29 is 18.3 Å². The third kappa shape index (κ3) is 3.33. The van der Waals surface area contributed by atoms with Crippen LogP contribution >= 0.6 is 39.3 Å². The fourth-order valence-corrected chi connectivity index (χ4v) is 5.45. The highest BCUT2D eigenvalue weighted by Gasteiger charge is 2.35. The molecule has 0 aliphatic carbocycles. The zero-order valence-corrected chi connectivity index (χ0v) is 17.9. The van der Waals surface area contributed by atoms with Crippen LogP contribution < -0.4 is 0 Å². The Morgan fingerprint density at radius 2 is 2.07 bits per heavy atom. The monoisotopic (exact) mass is 485 g/mol. The fraction of sp³-hybridized carbons (Fsp3) is 0.250. The number of rotatable bonds is 4. The number of nitrogens with zero attached hydrogens (tertiary/aromatic N) is 1. The van der Waals surface area contributed by atoms with Gasteiger partial charge in [-0.25, -0.2) is 8.78 Å². The summed E-state index contributed by atoms with van der Waals surface area (Å²) in [5, 5.41) is 1.19. The summed E-state index contributed by atoms with van der Waals surface area (Å²) in [5.74, 6) is -2.14. The number of fused-ring (bicyclic) bond motifs is 3. The van der Waals surface area contributed by atoms with E-state index in [0.29, 0.717) is 33.5 Å². The molecule has 0 saturated carbocycles. The minimum atomic E-state index is -0.920. The molecule has 3 aromatic rings. The highest BCUT2D eigenvalue weighted by molar-refractivity contribution is 9.10. The molecule has 28 heavy (non-hydrogen) atoms. The van der Waals surface area contributed by atoms with E-state index in [1.165, 1.54) is 11.8 Å². The molecule has 8 heteroatoms. The van der Waals surface area contributed by atoms with Gasteiger partial charge < -0.3 is 9.30 Å². The standard InChI is InChI=1S/C20H15BrClF2NO2S/c1-2-15(26)27-14-7-8-25-18(14)20(28-11-5-3-10(22)4-6-11)16-12(21)9-13(23)17(24)19(16)25/h3-6,9,14H,2,7-8H2,1H3. The van der Waals surface area contributed by atoms with Crippen LogP contribution in [0.3, 0.4) is 0 Å². The predicted octanol–water partition coefficient (Wildman–Crippen LogP) is 6.88. The smallest absolute Gasteiger partial charge is 0.306 e. The molecule has 1 aliphatic heterocycles. The van der Waals surface area contributed by atoms with Crippen LogP contribution in [-0.2, 0) is 16.1 Å². The molecule has 1 aromatic heterocycles. The maximum Gasteiger partial charge on any atom is 0.306 e. The number of hydrogen-bond acceptors (Lipinski definition) is 3. The average molecular weight is 487 g/mol. The lowest BCUT2D eigenvalue weighted by molar-refractivity contribution is -0.149. The quantitative estimate of drug-likeness (QED) is 0.297. The van der Waals surface area contributed by atoms with Crippen LogP contribution in [0.2, 0.25) is 5.02 Å². The minimum Gasteiger partial charge on any atom is -0.456 e. The highest BCUT2D eigenvalue weighted by Crippen LogP contribution is 2.49. The molecular formula is C20H15BrClF2NO2S. The Morgan fingerprint density at radius 1 is 1.36 bits per heavy atom. The summed E-state index contributed by atoms with van der Waals surface area (Å²) in [6.07, 6.45) is 0.283. The van der Waals surface area contributed by atoms with E-state index in [1.54, 1.807) is 23.6 Å². The van der Waals surface area contributed by atoms with Gasteiger partial charge in [-0.2, -0.15) is 0 Å². The molecule has 2 aromatic carbocycles. The van der Waals surface area contributed by atoms with E-state index < -0.39 is 17.7 Å². The first kappa shape index (κ1) is 19.7. The van der Waals surface area contributed by atoms with E-state index in [1.807, 2.05) is 12.1 Å². The molecular weight excluding hydrogens is 472 g/mol. The van der Waals surface area contributed by atoms with E-state index in [9.17, 15) is 13.6 Å². The molecule has 1 aliphatic rings. The number of hydrogen-bond donors (Lipinski definition) is 0. The van der Waals surface area contributed by atoms with Gasteiger partial charge in [-0.05, 0) is 46.3 Å². The zero-order chi connectivity index (χ0) is 20.0. The third-order valence-corrected chi connectivity index (χ3v) is 6.69. The first-order chi connectivity index (χ1) is 13.4. The van der Waals surface area contributed by atoms with Gasteiger partial charge >= 0.3 is 5.97 Å². The van der Waals surface area contributed by atoms with Crippen molar-refractivity contribution in [1.29, 1.82) is 0 Å². The molecule has 0 fully saturated rings. The highest BCUT2D eigenvalue weighted by atomic mass is 79.9. The SMILES string of the molecule is CCC(=O)OC1CCn2c1c(Sc1ccc(Cl)cc1)c1c(Br)cc(F)c(F)c12. The summed E-state index contributed by atoms with van der Waals surface area (Å²) in [5.41, 5.74) is 0.885. The predicted molar refractivity (Wildman–Crippen MR) is 109 cm³/mol. The largest absolute Gasteiger partial charge is 0.456 e. The molecule has 4 rings (SSSR count). The molecule has 0 bridgehead atoms. The second-order valence-electron chi connectivity index (χ2n) is 6.42. The van der Waals surface area contributed by atoms with E-state index >= 15 is 0 Å². The van der Waals surface area contributed by atoms with Gasteiger partial charge in [0.15, 0.2) is 11.6 Å². The van der Waals surface area contributed by atoms with Crippen LogP contribution in [0.4, 0.5) is 8.78 Å². The van der Waals surface area contributed by atoms with E-state index in [2.05, 4.69) is 15.9 Å². The van der Waals surface area contributed by atoms with E-state index in [0.717, 1.165) is 15.9 Å². The summed E-state index contributed by atoms with van der Waals surface area (Å²) in [6.45, 7) is 2.17. The van der Waals surface area contributed by atoms with Crippen LogP contribution in [0.1, 0.15) is 31.6 Å². The Hall–Kier alpha value is -1.57. The van der Waals surface area contributed by atoms with E-state index in [-0.39, 0.29) is 17.9 Å². The molecule has 0 saturated heterocycles. The maximum absolute atomic E-state index is 14.7. The number of halogens is 4. The second kappa shape index (κ2) is 7.69. The summed E-state index contributed by atoms with van der Waals surface area (Å²) < 4.78 is 36.6. The number of aromatic nitrogens is 1. The number of benzene rings is 2. The molecule has 0 amide bonds. The van der Waals surface area contributed by atoms with Gasteiger partial charge in [-0.15, -0.1) is 0 Å². The Morgan fingerprint density at radius 3 is 2.75 bits per heavy atom. The van der Waals surface area contributed by atoms with Gasteiger partial charge in [0.25, 0.3) is 0 Å². The number of aryl methyl sites for hydroxylation is 1. The van der Waals surface area contributed by atoms with Crippen LogP contribution in [0.15, 0.2) is 44.6 Å². The van der Waals surface area contributed by atoms with Gasteiger partial charge in [0.1, 0.15) is 6.10 Å². The molecule has 2 heterocycles. The summed E-state index contributed by atoms with van der Waals surface area (Å²) >= 11 is 10.8. The normalized spacial score (nSPS) is 15.8. The van der Waals surface area contributed by atoms with Gasteiger partial charge in [0.05, 0.1) is 11.2 Å². The lowest BCUT2D eigenvalue weighted by Crippen LogP contribution is -2.08. The summed E-state index contributed by atoms with van der Waals surface area (Å²) in [6, 6.07) is 8.39. The molecule has 146 valence electrons. The molecule has 0 spiro atoms. The van der Waals surface area contributed by atoms with Gasteiger partial charge in [0.2, 0.25) is 0 Å². The first-order valence-corrected chi connectivity index (χ1v) is 10.7. The third-order valence-electron chi connectivity index (χ3n) is 4.68. The molecule has 1 atom stereocenters. The van der Waals surface area contributed by atoms with Crippen molar-refractivity contribution in [3.8, 4) is 0 Å². The van der Waals surface area contributed by atoms with Crippen LogP contribution in [0.25, 0.3) is 10.9 Å². The first-order valence-electron chi connectivity index (χ1n) is 8.73. The summed E-state index contributed by atoms with van der Waals surface area (Å²) in [7, 11) is 0. The lowest BCUT2D eigenvalue weighted by atomic mass is 10.2. The number of carbonyl (C=O) groups excluding carboxylic acids is 1. The Balaban J connectivity index is 1.93. The number of esters is 1. The number of ether oxygens (including phenoxy) is 1. The topological polar surface area (TPSA) is 31.2 Å². The lowest BCUT2D eigenvalue weighted by Gasteiger charge is -2.13. The van der Waals surface area contributed by atoms with Crippen molar-refractivity contribution in [1.82, 2.24) is 4.57 Å². The van der Waals surface area contributed by atoms with Crippen molar-refractivity contribution in [3.05, 3.63) is 57.2 Å². The molecule has 1 unspecified atom stereocenters. The van der Waals surface area contributed by atoms with Crippen LogP contribution in [0.5, 0.6) is 0 Å². The van der Waals surface area contributed by atoms with Gasteiger partial charge in [-0.3, -0.25) is 4.79 Å². The fourth-order valence-electron chi connectivity index (χ4n) is 3.44.